The van der Waals surface area contributed by atoms with Gasteiger partial charge in [0.2, 0.25) is 0 Å². The van der Waals surface area contributed by atoms with E-state index in [0.29, 0.717) is 13.1 Å². The van der Waals surface area contributed by atoms with Crippen molar-refractivity contribution in [2.75, 3.05) is 33.2 Å². The Hall–Kier alpha value is -0.170. The fourth-order valence-electron chi connectivity index (χ4n) is 2.46. The molecule has 0 spiro atoms. The van der Waals surface area contributed by atoms with Gasteiger partial charge in [-0.05, 0) is 38.8 Å². The van der Waals surface area contributed by atoms with E-state index in [4.69, 9.17) is 0 Å². The number of piperidine rings is 1. The molecule has 0 aliphatic carbocycles. The first-order chi connectivity index (χ1) is 7.62. The van der Waals surface area contributed by atoms with Crippen molar-refractivity contribution in [3.8, 4) is 0 Å². The second-order valence-electron chi connectivity index (χ2n) is 4.61. The first-order valence-electron chi connectivity index (χ1n) is 6.06. The fourth-order valence-corrected chi connectivity index (χ4v) is 4.13. The predicted molar refractivity (Wildman–Crippen MR) is 63.4 cm³/mol. The Morgan fingerprint density at radius 3 is 2.31 bits per heavy atom. The molecule has 0 aromatic carbocycles. The Morgan fingerprint density at radius 1 is 1.19 bits per heavy atom. The first-order valence-corrected chi connectivity index (χ1v) is 7.46. The summed E-state index contributed by atoms with van der Waals surface area (Å²) in [4.78, 5) is 0. The van der Waals surface area contributed by atoms with Crippen LogP contribution in [0.3, 0.4) is 0 Å². The van der Waals surface area contributed by atoms with Crippen LogP contribution in [0.2, 0.25) is 0 Å². The summed E-state index contributed by atoms with van der Waals surface area (Å²) in [5.74, 6) is 0. The average Bonchev–Trinajstić information content (AvgIpc) is 2.83. The van der Waals surface area contributed by atoms with Crippen LogP contribution in [0.15, 0.2) is 0 Å². The second kappa shape index (κ2) is 5.00. The van der Waals surface area contributed by atoms with Gasteiger partial charge in [-0.25, -0.2) is 0 Å². The zero-order chi connectivity index (χ0) is 11.6. The van der Waals surface area contributed by atoms with E-state index >= 15 is 0 Å². The third-order valence-corrected chi connectivity index (χ3v) is 5.62. The lowest BCUT2D eigenvalue weighted by atomic mass is 10.1. The molecule has 2 rings (SSSR count). The zero-order valence-corrected chi connectivity index (χ0v) is 10.7. The van der Waals surface area contributed by atoms with E-state index in [1.165, 1.54) is 0 Å². The molecule has 0 amide bonds. The van der Waals surface area contributed by atoms with Crippen LogP contribution >= 0.6 is 0 Å². The molecule has 5 nitrogen and oxygen atoms in total. The van der Waals surface area contributed by atoms with E-state index in [0.717, 1.165) is 38.8 Å². The van der Waals surface area contributed by atoms with Gasteiger partial charge in [0.15, 0.2) is 0 Å². The van der Waals surface area contributed by atoms with Gasteiger partial charge >= 0.3 is 0 Å². The summed E-state index contributed by atoms with van der Waals surface area (Å²) in [6.07, 6.45) is 3.84. The molecule has 2 aliphatic rings. The fraction of sp³-hybridized carbons (Fsp3) is 1.00. The third-order valence-electron chi connectivity index (χ3n) is 3.58. The lowest BCUT2D eigenvalue weighted by molar-refractivity contribution is 0.278. The maximum absolute atomic E-state index is 12.3. The summed E-state index contributed by atoms with van der Waals surface area (Å²) in [5, 5.41) is 3.26. The van der Waals surface area contributed by atoms with Crippen molar-refractivity contribution >= 4 is 10.2 Å². The Labute approximate surface area is 98.0 Å². The molecule has 0 unspecified atom stereocenters. The Morgan fingerprint density at radius 2 is 1.75 bits per heavy atom. The average molecular weight is 247 g/mol. The van der Waals surface area contributed by atoms with Gasteiger partial charge in [-0.2, -0.15) is 17.0 Å². The number of nitrogens with zero attached hydrogens (tertiary/aromatic N) is 2. The van der Waals surface area contributed by atoms with Gasteiger partial charge in [0.25, 0.3) is 10.2 Å². The highest BCUT2D eigenvalue weighted by molar-refractivity contribution is 7.86. The largest absolute Gasteiger partial charge is 0.317 e. The number of hydrogen-bond donors (Lipinski definition) is 1. The standard InChI is InChI=1S/C10H21N3O2S/c1-12(10-4-6-11-7-5-10)16(14,15)13-8-2-3-9-13/h10-11H,2-9H2,1H3. The lowest BCUT2D eigenvalue weighted by Gasteiger charge is -2.33. The van der Waals surface area contributed by atoms with E-state index in [9.17, 15) is 8.42 Å². The Kier molecular flexibility index (Phi) is 3.84. The normalized spacial score (nSPS) is 25.4. The maximum atomic E-state index is 12.3. The highest BCUT2D eigenvalue weighted by atomic mass is 32.2. The van der Waals surface area contributed by atoms with Crippen LogP contribution in [0.5, 0.6) is 0 Å². The van der Waals surface area contributed by atoms with Gasteiger partial charge in [-0.3, -0.25) is 0 Å². The molecule has 2 aliphatic heterocycles. The van der Waals surface area contributed by atoms with E-state index in [-0.39, 0.29) is 6.04 Å². The van der Waals surface area contributed by atoms with Crippen LogP contribution in [-0.2, 0) is 10.2 Å². The quantitative estimate of drug-likeness (QED) is 0.764. The van der Waals surface area contributed by atoms with Crippen molar-refractivity contribution in [3.63, 3.8) is 0 Å². The first kappa shape index (κ1) is 12.3. The van der Waals surface area contributed by atoms with Gasteiger partial charge in [0.05, 0.1) is 0 Å². The number of hydrogen-bond acceptors (Lipinski definition) is 3. The van der Waals surface area contributed by atoms with Crippen molar-refractivity contribution in [1.82, 2.24) is 13.9 Å². The summed E-state index contributed by atoms with van der Waals surface area (Å²) >= 11 is 0. The van der Waals surface area contributed by atoms with Crippen LogP contribution < -0.4 is 5.32 Å². The minimum Gasteiger partial charge on any atom is -0.317 e. The summed E-state index contributed by atoms with van der Waals surface area (Å²) in [6.45, 7) is 3.23. The summed E-state index contributed by atoms with van der Waals surface area (Å²) in [6, 6.07) is 0.173. The summed E-state index contributed by atoms with van der Waals surface area (Å²) in [5.41, 5.74) is 0. The molecule has 16 heavy (non-hydrogen) atoms. The van der Waals surface area contributed by atoms with Crippen molar-refractivity contribution in [2.24, 2.45) is 0 Å². The van der Waals surface area contributed by atoms with Crippen molar-refractivity contribution in [2.45, 2.75) is 31.7 Å². The highest BCUT2D eigenvalue weighted by Gasteiger charge is 2.33. The molecule has 0 aromatic rings. The summed E-state index contributed by atoms with van der Waals surface area (Å²) in [7, 11) is -1.47. The van der Waals surface area contributed by atoms with E-state index in [1.54, 1.807) is 15.7 Å². The number of nitrogens with one attached hydrogen (secondary N) is 1. The van der Waals surface area contributed by atoms with Gasteiger partial charge in [-0.1, -0.05) is 0 Å². The Bertz CT molecular complexity index is 319. The van der Waals surface area contributed by atoms with E-state index in [2.05, 4.69) is 5.32 Å². The molecule has 0 bridgehead atoms. The maximum Gasteiger partial charge on any atom is 0.281 e. The van der Waals surface area contributed by atoms with Crippen LogP contribution in [0.4, 0.5) is 0 Å². The molecule has 0 radical (unpaired) electrons. The van der Waals surface area contributed by atoms with Crippen LogP contribution in [0, 0.1) is 0 Å². The molecular formula is C10H21N3O2S. The molecule has 2 heterocycles. The topological polar surface area (TPSA) is 52.7 Å². The predicted octanol–water partition coefficient (Wildman–Crippen LogP) is 0.0108. The molecule has 2 fully saturated rings. The van der Waals surface area contributed by atoms with Crippen molar-refractivity contribution < 1.29 is 8.42 Å². The molecule has 0 saturated carbocycles. The van der Waals surface area contributed by atoms with Crippen LogP contribution in [-0.4, -0.2) is 56.3 Å². The van der Waals surface area contributed by atoms with Crippen LogP contribution in [0.25, 0.3) is 0 Å². The lowest BCUT2D eigenvalue weighted by Crippen LogP contribution is -2.48. The minimum absolute atomic E-state index is 0.173. The van der Waals surface area contributed by atoms with Crippen LogP contribution in [0.1, 0.15) is 25.7 Å². The monoisotopic (exact) mass is 247 g/mol. The minimum atomic E-state index is -3.20. The summed E-state index contributed by atoms with van der Waals surface area (Å²) < 4.78 is 27.7. The zero-order valence-electron chi connectivity index (χ0n) is 9.85. The molecular weight excluding hydrogens is 226 g/mol. The van der Waals surface area contributed by atoms with E-state index in [1.807, 2.05) is 0 Å². The van der Waals surface area contributed by atoms with Gasteiger partial charge in [-0.15, -0.1) is 0 Å². The molecule has 94 valence electrons. The van der Waals surface area contributed by atoms with Gasteiger partial charge < -0.3 is 5.32 Å². The molecule has 2 saturated heterocycles. The van der Waals surface area contributed by atoms with Gasteiger partial charge in [0.1, 0.15) is 0 Å². The van der Waals surface area contributed by atoms with Crippen molar-refractivity contribution in [1.29, 1.82) is 0 Å². The van der Waals surface area contributed by atoms with E-state index < -0.39 is 10.2 Å². The smallest absolute Gasteiger partial charge is 0.281 e. The van der Waals surface area contributed by atoms with Gasteiger partial charge in [0, 0.05) is 26.2 Å². The highest BCUT2D eigenvalue weighted by Crippen LogP contribution is 2.20. The van der Waals surface area contributed by atoms with Crippen molar-refractivity contribution in [3.05, 3.63) is 0 Å². The SMILES string of the molecule is CN(C1CCNCC1)S(=O)(=O)N1CCCC1. The molecule has 6 heteroatoms. The second-order valence-corrected chi connectivity index (χ2v) is 6.60. The molecule has 1 N–H and O–H groups in total. The Balaban J connectivity index is 2.03. The third kappa shape index (κ3) is 2.40. The molecule has 0 aromatic heterocycles. The number of rotatable bonds is 3. The molecule has 0 atom stereocenters.